The van der Waals surface area contributed by atoms with Gasteiger partial charge >= 0.3 is 0 Å². The molecule has 5 nitrogen and oxygen atoms in total. The number of rotatable bonds is 2. The topological polar surface area (TPSA) is 76.4 Å². The number of nitrogens with zero attached hydrogens (tertiary/aromatic N) is 3. The molecule has 0 unspecified atom stereocenters. The maximum atomic E-state index is 8.49. The Hall–Kier alpha value is -2.30. The van der Waals surface area contributed by atoms with Crippen molar-refractivity contribution < 1.29 is 5.21 Å². The molecule has 0 radical (unpaired) electrons. The van der Waals surface area contributed by atoms with Crippen molar-refractivity contribution in [3.63, 3.8) is 0 Å². The lowest BCUT2D eigenvalue weighted by molar-refractivity contribution is 0.318. The normalized spacial score (nSPS) is 11.6. The van der Waals surface area contributed by atoms with Crippen LogP contribution in [0.3, 0.4) is 0 Å². The predicted octanol–water partition coefficient (Wildman–Crippen LogP) is 0.967. The van der Waals surface area contributed by atoms with E-state index >= 15 is 0 Å². The van der Waals surface area contributed by atoms with Crippen LogP contribution >= 0.6 is 0 Å². The first kappa shape index (κ1) is 9.26. The largest absolute Gasteiger partial charge is 0.409 e. The molecule has 5 heteroatoms. The van der Waals surface area contributed by atoms with Gasteiger partial charge in [0.25, 0.3) is 0 Å². The summed E-state index contributed by atoms with van der Waals surface area (Å²) in [6, 6.07) is 9.60. The molecule has 15 heavy (non-hydrogen) atoms. The zero-order valence-corrected chi connectivity index (χ0v) is 7.91. The first-order chi connectivity index (χ1) is 7.31. The first-order valence-electron chi connectivity index (χ1n) is 4.39. The minimum Gasteiger partial charge on any atom is -0.409 e. The molecule has 2 rings (SSSR count). The molecule has 0 aliphatic rings. The fraction of sp³-hybridized carbons (Fsp3) is 0. The van der Waals surface area contributed by atoms with Gasteiger partial charge in [0.2, 0.25) is 0 Å². The molecule has 0 fully saturated rings. The van der Waals surface area contributed by atoms with Crippen LogP contribution < -0.4 is 5.73 Å². The fourth-order valence-corrected chi connectivity index (χ4v) is 1.23. The maximum Gasteiger partial charge on any atom is 0.173 e. The van der Waals surface area contributed by atoms with E-state index in [0.717, 1.165) is 5.69 Å². The highest BCUT2D eigenvalue weighted by Gasteiger charge is 2.03. The predicted molar refractivity (Wildman–Crippen MR) is 56.1 cm³/mol. The molecule has 0 aliphatic carbocycles. The van der Waals surface area contributed by atoms with Gasteiger partial charge in [0.05, 0.1) is 17.4 Å². The van der Waals surface area contributed by atoms with Gasteiger partial charge < -0.3 is 10.9 Å². The van der Waals surface area contributed by atoms with Gasteiger partial charge in [-0.25, -0.2) is 4.68 Å². The highest BCUT2D eigenvalue weighted by atomic mass is 16.4. The summed E-state index contributed by atoms with van der Waals surface area (Å²) in [7, 11) is 0. The molecule has 76 valence electrons. The van der Waals surface area contributed by atoms with Crippen LogP contribution in [0.5, 0.6) is 0 Å². The van der Waals surface area contributed by atoms with Crippen LogP contribution in [-0.4, -0.2) is 20.8 Å². The molecule has 0 aliphatic heterocycles. The Morgan fingerprint density at radius 2 is 2.07 bits per heavy atom. The SMILES string of the molecule is N/C(=N\O)c1cnn(-c2ccccc2)c1. The second kappa shape index (κ2) is 3.83. The van der Waals surface area contributed by atoms with Crippen LogP contribution in [-0.2, 0) is 0 Å². The van der Waals surface area contributed by atoms with Gasteiger partial charge in [0.15, 0.2) is 5.84 Å². The molecule has 1 heterocycles. The van der Waals surface area contributed by atoms with Crippen molar-refractivity contribution in [2.45, 2.75) is 0 Å². The number of benzene rings is 1. The van der Waals surface area contributed by atoms with Gasteiger partial charge in [-0.3, -0.25) is 0 Å². The summed E-state index contributed by atoms with van der Waals surface area (Å²) in [6.45, 7) is 0. The molecule has 1 aromatic carbocycles. The van der Waals surface area contributed by atoms with Gasteiger partial charge in [0, 0.05) is 6.20 Å². The summed E-state index contributed by atoms with van der Waals surface area (Å²) in [5.74, 6) is 0.0529. The van der Waals surface area contributed by atoms with E-state index in [0.29, 0.717) is 5.56 Å². The molecule has 1 aromatic heterocycles. The first-order valence-corrected chi connectivity index (χ1v) is 4.39. The molecule has 0 saturated heterocycles. The molecule has 2 aromatic rings. The summed E-state index contributed by atoms with van der Waals surface area (Å²) >= 11 is 0. The van der Waals surface area contributed by atoms with E-state index in [1.807, 2.05) is 30.3 Å². The van der Waals surface area contributed by atoms with Crippen LogP contribution in [0.2, 0.25) is 0 Å². The Morgan fingerprint density at radius 3 is 2.73 bits per heavy atom. The average molecular weight is 202 g/mol. The van der Waals surface area contributed by atoms with E-state index in [4.69, 9.17) is 10.9 Å². The second-order valence-electron chi connectivity index (χ2n) is 2.99. The van der Waals surface area contributed by atoms with Crippen LogP contribution in [0.25, 0.3) is 5.69 Å². The number of nitrogens with two attached hydrogens (primary N) is 1. The van der Waals surface area contributed by atoms with Crippen LogP contribution in [0.4, 0.5) is 0 Å². The molecule has 0 amide bonds. The van der Waals surface area contributed by atoms with Crippen LogP contribution in [0, 0.1) is 0 Å². The van der Waals surface area contributed by atoms with Gasteiger partial charge in [-0.15, -0.1) is 0 Å². The minimum absolute atomic E-state index is 0.0529. The van der Waals surface area contributed by atoms with Crippen molar-refractivity contribution in [3.05, 3.63) is 48.3 Å². The smallest absolute Gasteiger partial charge is 0.173 e. The fourth-order valence-electron chi connectivity index (χ4n) is 1.23. The molecule has 0 saturated carbocycles. The molecule has 0 bridgehead atoms. The quantitative estimate of drug-likeness (QED) is 0.329. The van der Waals surface area contributed by atoms with E-state index in [2.05, 4.69) is 10.3 Å². The third-order valence-corrected chi connectivity index (χ3v) is 2.01. The van der Waals surface area contributed by atoms with Crippen molar-refractivity contribution in [2.24, 2.45) is 10.9 Å². The van der Waals surface area contributed by atoms with Crippen molar-refractivity contribution >= 4 is 5.84 Å². The lowest BCUT2D eigenvalue weighted by atomic mass is 10.3. The van der Waals surface area contributed by atoms with Crippen LogP contribution in [0.1, 0.15) is 5.56 Å². The highest BCUT2D eigenvalue weighted by Crippen LogP contribution is 2.07. The second-order valence-corrected chi connectivity index (χ2v) is 2.99. The third kappa shape index (κ3) is 1.80. The van der Waals surface area contributed by atoms with E-state index in [9.17, 15) is 0 Å². The molecular weight excluding hydrogens is 192 g/mol. The van der Waals surface area contributed by atoms with Gasteiger partial charge in [0.1, 0.15) is 0 Å². The molecule has 0 atom stereocenters. The van der Waals surface area contributed by atoms with E-state index in [-0.39, 0.29) is 5.84 Å². The Kier molecular flexibility index (Phi) is 2.37. The molecule has 3 N–H and O–H groups in total. The Morgan fingerprint density at radius 1 is 1.33 bits per heavy atom. The number of hydrogen-bond donors (Lipinski definition) is 2. The van der Waals surface area contributed by atoms with Crippen molar-refractivity contribution in [1.29, 1.82) is 0 Å². The average Bonchev–Trinajstić information content (AvgIpc) is 2.78. The zero-order chi connectivity index (χ0) is 10.7. The summed E-state index contributed by atoms with van der Waals surface area (Å²) in [5, 5.41) is 15.5. The number of amidine groups is 1. The standard InChI is InChI=1S/C10H10N4O/c11-10(13-15)8-6-12-14(7-8)9-4-2-1-3-5-9/h1-7,15H,(H2,11,13). The Bertz CT molecular complexity index is 475. The summed E-state index contributed by atoms with van der Waals surface area (Å²) < 4.78 is 1.66. The zero-order valence-electron chi connectivity index (χ0n) is 7.91. The van der Waals surface area contributed by atoms with Crippen LogP contribution in [0.15, 0.2) is 47.9 Å². The lowest BCUT2D eigenvalue weighted by Crippen LogP contribution is -2.11. The van der Waals surface area contributed by atoms with Crippen molar-refractivity contribution in [3.8, 4) is 5.69 Å². The molecular formula is C10H10N4O. The number of para-hydroxylation sites is 1. The minimum atomic E-state index is 0.0529. The Balaban J connectivity index is 2.36. The maximum absolute atomic E-state index is 8.49. The lowest BCUT2D eigenvalue weighted by Gasteiger charge is -1.98. The summed E-state index contributed by atoms with van der Waals surface area (Å²) in [4.78, 5) is 0. The van der Waals surface area contributed by atoms with Gasteiger partial charge in [-0.05, 0) is 12.1 Å². The third-order valence-electron chi connectivity index (χ3n) is 2.01. The van der Waals surface area contributed by atoms with Crippen molar-refractivity contribution in [1.82, 2.24) is 9.78 Å². The Labute approximate surface area is 86.4 Å². The summed E-state index contributed by atoms with van der Waals surface area (Å²) in [5.41, 5.74) is 6.94. The van der Waals surface area contributed by atoms with E-state index < -0.39 is 0 Å². The van der Waals surface area contributed by atoms with Gasteiger partial charge in [-0.2, -0.15) is 5.10 Å². The molecule has 0 spiro atoms. The van der Waals surface area contributed by atoms with Gasteiger partial charge in [-0.1, -0.05) is 23.4 Å². The van der Waals surface area contributed by atoms with E-state index in [1.54, 1.807) is 17.1 Å². The number of hydrogen-bond acceptors (Lipinski definition) is 3. The number of oxime groups is 1. The highest BCUT2D eigenvalue weighted by molar-refractivity contribution is 5.96. The summed E-state index contributed by atoms with van der Waals surface area (Å²) in [6.07, 6.45) is 3.24. The monoisotopic (exact) mass is 202 g/mol. The number of aromatic nitrogens is 2. The van der Waals surface area contributed by atoms with Crippen molar-refractivity contribution in [2.75, 3.05) is 0 Å². The van der Waals surface area contributed by atoms with E-state index in [1.165, 1.54) is 0 Å².